The molecule has 0 saturated carbocycles. The first-order chi connectivity index (χ1) is 7.74. The van der Waals surface area contributed by atoms with E-state index in [-0.39, 0.29) is 16.2 Å². The van der Waals surface area contributed by atoms with Gasteiger partial charge in [-0.3, -0.25) is 4.72 Å². The largest absolute Gasteiger partial charge is 0.389 e. The van der Waals surface area contributed by atoms with Crippen molar-refractivity contribution < 1.29 is 12.8 Å². The lowest BCUT2D eigenvalue weighted by molar-refractivity contribution is 0.526. The van der Waals surface area contributed by atoms with Gasteiger partial charge in [0.1, 0.15) is 10.8 Å². The zero-order chi connectivity index (χ0) is 13.2. The van der Waals surface area contributed by atoms with Gasteiger partial charge in [0, 0.05) is 19.7 Å². The van der Waals surface area contributed by atoms with E-state index in [9.17, 15) is 12.8 Å². The summed E-state index contributed by atoms with van der Waals surface area (Å²) in [4.78, 5) is -0.0824. The Morgan fingerprint density at radius 1 is 1.47 bits per heavy atom. The molecule has 17 heavy (non-hydrogen) atoms. The quantitative estimate of drug-likeness (QED) is 0.794. The fourth-order valence-electron chi connectivity index (χ4n) is 1.04. The maximum atomic E-state index is 13.0. The van der Waals surface area contributed by atoms with Crippen LogP contribution in [0.1, 0.15) is 5.56 Å². The molecular formula is C9H12FN3O2S2. The molecule has 94 valence electrons. The number of thiocarbonyl (C=S) groups is 1. The Labute approximate surface area is 105 Å². The van der Waals surface area contributed by atoms with Crippen LogP contribution in [0.3, 0.4) is 0 Å². The lowest BCUT2D eigenvalue weighted by atomic mass is 10.2. The smallest absolute Gasteiger partial charge is 0.301 e. The van der Waals surface area contributed by atoms with Crippen LogP contribution in [0.4, 0.5) is 10.1 Å². The average molecular weight is 277 g/mol. The molecule has 0 aliphatic carbocycles. The molecular weight excluding hydrogens is 265 g/mol. The third kappa shape index (κ3) is 3.35. The molecule has 0 amide bonds. The van der Waals surface area contributed by atoms with Crippen molar-refractivity contribution in [2.24, 2.45) is 5.73 Å². The minimum absolute atomic E-state index is 0.0824. The minimum atomic E-state index is -3.67. The zero-order valence-corrected chi connectivity index (χ0v) is 10.9. The molecule has 5 nitrogen and oxygen atoms in total. The summed E-state index contributed by atoms with van der Waals surface area (Å²) < 4.78 is 39.4. The van der Waals surface area contributed by atoms with Crippen molar-refractivity contribution in [2.75, 3.05) is 18.8 Å². The van der Waals surface area contributed by atoms with Crippen molar-refractivity contribution in [3.8, 4) is 0 Å². The Kier molecular flexibility index (Phi) is 4.02. The summed E-state index contributed by atoms with van der Waals surface area (Å²) in [5.41, 5.74) is 5.68. The maximum Gasteiger partial charge on any atom is 0.301 e. The molecule has 0 atom stereocenters. The summed E-state index contributed by atoms with van der Waals surface area (Å²) >= 11 is 4.73. The van der Waals surface area contributed by atoms with Crippen molar-refractivity contribution in [1.29, 1.82) is 0 Å². The van der Waals surface area contributed by atoms with E-state index in [0.717, 1.165) is 16.4 Å². The summed E-state index contributed by atoms with van der Waals surface area (Å²) in [5.74, 6) is -0.541. The van der Waals surface area contributed by atoms with Gasteiger partial charge in [0.05, 0.1) is 5.69 Å². The topological polar surface area (TPSA) is 75.4 Å². The van der Waals surface area contributed by atoms with Gasteiger partial charge >= 0.3 is 10.2 Å². The molecule has 0 aromatic heterocycles. The van der Waals surface area contributed by atoms with E-state index in [0.29, 0.717) is 0 Å². The number of nitrogens with one attached hydrogen (secondary N) is 1. The van der Waals surface area contributed by atoms with Crippen LogP contribution < -0.4 is 10.5 Å². The fourth-order valence-corrected chi connectivity index (χ4v) is 1.85. The van der Waals surface area contributed by atoms with Crippen LogP contribution in [0.25, 0.3) is 0 Å². The number of rotatable bonds is 4. The normalized spacial score (nSPS) is 11.5. The van der Waals surface area contributed by atoms with Gasteiger partial charge in [-0.05, 0) is 18.2 Å². The van der Waals surface area contributed by atoms with Crippen LogP contribution in [0.5, 0.6) is 0 Å². The third-order valence-electron chi connectivity index (χ3n) is 1.97. The highest BCUT2D eigenvalue weighted by molar-refractivity contribution is 7.90. The molecule has 0 spiro atoms. The number of hydrogen-bond acceptors (Lipinski definition) is 3. The highest BCUT2D eigenvalue weighted by Gasteiger charge is 2.16. The van der Waals surface area contributed by atoms with Crippen molar-refractivity contribution in [3.63, 3.8) is 0 Å². The molecule has 0 fully saturated rings. The first-order valence-electron chi connectivity index (χ1n) is 4.53. The van der Waals surface area contributed by atoms with E-state index in [1.54, 1.807) is 0 Å². The van der Waals surface area contributed by atoms with Gasteiger partial charge in [0.2, 0.25) is 0 Å². The van der Waals surface area contributed by atoms with E-state index in [1.165, 1.54) is 20.2 Å². The molecule has 0 aliphatic heterocycles. The minimum Gasteiger partial charge on any atom is -0.389 e. The van der Waals surface area contributed by atoms with Crippen molar-refractivity contribution in [3.05, 3.63) is 29.6 Å². The van der Waals surface area contributed by atoms with Gasteiger partial charge in [-0.25, -0.2) is 4.39 Å². The van der Waals surface area contributed by atoms with Crippen molar-refractivity contribution in [1.82, 2.24) is 4.31 Å². The molecule has 1 rings (SSSR count). The van der Waals surface area contributed by atoms with E-state index in [4.69, 9.17) is 18.0 Å². The Morgan fingerprint density at radius 2 is 2.06 bits per heavy atom. The molecule has 0 heterocycles. The van der Waals surface area contributed by atoms with E-state index in [2.05, 4.69) is 4.72 Å². The van der Waals surface area contributed by atoms with Crippen LogP contribution in [0.15, 0.2) is 18.2 Å². The van der Waals surface area contributed by atoms with E-state index in [1.807, 2.05) is 0 Å². The predicted molar refractivity (Wildman–Crippen MR) is 68.5 cm³/mol. The summed E-state index contributed by atoms with van der Waals surface area (Å²) in [7, 11) is -0.940. The summed E-state index contributed by atoms with van der Waals surface area (Å²) in [6.07, 6.45) is 0. The monoisotopic (exact) mass is 277 g/mol. The Morgan fingerprint density at radius 3 is 2.53 bits per heavy atom. The molecule has 8 heteroatoms. The average Bonchev–Trinajstić information content (AvgIpc) is 2.19. The summed E-state index contributed by atoms with van der Waals surface area (Å²) in [6, 6.07) is 3.47. The summed E-state index contributed by atoms with van der Waals surface area (Å²) in [5, 5.41) is 0. The van der Waals surface area contributed by atoms with Crippen LogP contribution in [-0.4, -0.2) is 31.8 Å². The SMILES string of the molecule is CN(C)S(=O)(=O)Nc1ccc(F)cc1C(N)=S. The Hall–Kier alpha value is -1.25. The number of anilines is 1. The van der Waals surface area contributed by atoms with Crippen LogP contribution in [-0.2, 0) is 10.2 Å². The summed E-state index contributed by atoms with van der Waals surface area (Å²) in [6.45, 7) is 0. The first-order valence-corrected chi connectivity index (χ1v) is 6.38. The van der Waals surface area contributed by atoms with Gasteiger partial charge in [-0.2, -0.15) is 12.7 Å². The fraction of sp³-hybridized carbons (Fsp3) is 0.222. The van der Waals surface area contributed by atoms with Gasteiger partial charge < -0.3 is 5.73 Å². The van der Waals surface area contributed by atoms with Crippen molar-refractivity contribution >= 4 is 33.1 Å². The third-order valence-corrected chi connectivity index (χ3v) is 3.63. The van der Waals surface area contributed by atoms with Gasteiger partial charge in [-0.15, -0.1) is 0 Å². The second kappa shape index (κ2) is 4.94. The van der Waals surface area contributed by atoms with Gasteiger partial charge in [0.25, 0.3) is 0 Å². The lowest BCUT2D eigenvalue weighted by Crippen LogP contribution is -2.30. The molecule has 0 aliphatic rings. The number of nitrogens with two attached hydrogens (primary N) is 1. The first kappa shape index (κ1) is 13.8. The second-order valence-corrected chi connectivity index (χ2v) is 5.77. The van der Waals surface area contributed by atoms with Crippen LogP contribution in [0, 0.1) is 5.82 Å². The van der Waals surface area contributed by atoms with Gasteiger partial charge in [0.15, 0.2) is 0 Å². The standard InChI is InChI=1S/C9H12FN3O2S2/c1-13(2)17(14,15)12-8-4-3-6(10)5-7(8)9(11)16/h3-5,12H,1-2H3,(H2,11,16). The molecule has 1 aromatic rings. The number of hydrogen-bond donors (Lipinski definition) is 2. The Bertz CT molecular complexity index is 543. The highest BCUT2D eigenvalue weighted by atomic mass is 32.2. The Balaban J connectivity index is 3.20. The second-order valence-electron chi connectivity index (χ2n) is 3.44. The number of nitrogens with zero attached hydrogens (tertiary/aromatic N) is 1. The number of halogens is 1. The maximum absolute atomic E-state index is 13.0. The molecule has 3 N–H and O–H groups in total. The van der Waals surface area contributed by atoms with Gasteiger partial charge in [-0.1, -0.05) is 12.2 Å². The highest BCUT2D eigenvalue weighted by Crippen LogP contribution is 2.18. The zero-order valence-electron chi connectivity index (χ0n) is 9.27. The predicted octanol–water partition coefficient (Wildman–Crippen LogP) is 0.678. The molecule has 0 saturated heterocycles. The molecule has 0 radical (unpaired) electrons. The molecule has 0 unspecified atom stereocenters. The van der Waals surface area contributed by atoms with Crippen molar-refractivity contribution in [2.45, 2.75) is 0 Å². The van der Waals surface area contributed by atoms with E-state index >= 15 is 0 Å². The lowest BCUT2D eigenvalue weighted by Gasteiger charge is -2.15. The van der Waals surface area contributed by atoms with Crippen LogP contribution in [0.2, 0.25) is 0 Å². The number of benzene rings is 1. The van der Waals surface area contributed by atoms with Crippen LogP contribution >= 0.6 is 12.2 Å². The molecule has 1 aromatic carbocycles. The molecule has 0 bridgehead atoms. The van der Waals surface area contributed by atoms with E-state index < -0.39 is 16.0 Å².